The molecule has 0 spiro atoms. The van der Waals surface area contributed by atoms with Crippen molar-refractivity contribution < 1.29 is 9.90 Å². The third-order valence-electron chi connectivity index (χ3n) is 5.50. The molecule has 2 rings (SSSR count). The Bertz CT molecular complexity index is 642. The largest absolute Gasteiger partial charge is 0.481 e. The molecule has 1 heterocycles. The van der Waals surface area contributed by atoms with Gasteiger partial charge in [0.25, 0.3) is 0 Å². The number of hydrogen-bond donors (Lipinski definition) is 1. The molecule has 0 aromatic carbocycles. The highest BCUT2D eigenvalue weighted by Gasteiger charge is 2.66. The lowest BCUT2D eigenvalue weighted by Gasteiger charge is -2.16. The molecule has 1 fully saturated rings. The molecule has 1 aromatic heterocycles. The van der Waals surface area contributed by atoms with Gasteiger partial charge in [0.05, 0.1) is 0 Å². The van der Waals surface area contributed by atoms with Crippen molar-refractivity contribution in [3.63, 3.8) is 0 Å². The number of aryl methyl sites for hydroxylation is 1. The first kappa shape index (κ1) is 15.7. The second-order valence-corrected chi connectivity index (χ2v) is 7.15. The summed E-state index contributed by atoms with van der Waals surface area (Å²) < 4.78 is 1.77. The molecule has 1 aromatic rings. The smallest absolute Gasteiger partial charge is 0.348 e. The first-order valence-corrected chi connectivity index (χ1v) is 7.32. The van der Waals surface area contributed by atoms with E-state index in [0.717, 1.165) is 11.3 Å². The number of carboxylic acid groups (broad SMARTS) is 1. The van der Waals surface area contributed by atoms with Crippen LogP contribution in [0.1, 0.15) is 57.1 Å². The number of nitrogens with zero attached hydrogens (tertiary/aromatic N) is 2. The monoisotopic (exact) mass is 292 g/mol. The summed E-state index contributed by atoms with van der Waals surface area (Å²) in [7, 11) is 0. The van der Waals surface area contributed by atoms with Gasteiger partial charge in [-0.25, -0.2) is 4.79 Å². The Kier molecular flexibility index (Phi) is 3.51. The topological polar surface area (TPSA) is 72.2 Å². The molecular formula is C16H24N2O3. The van der Waals surface area contributed by atoms with Gasteiger partial charge in [-0.05, 0) is 36.7 Å². The molecule has 1 saturated carbocycles. The predicted molar refractivity (Wildman–Crippen MR) is 80.5 cm³/mol. The lowest BCUT2D eigenvalue weighted by molar-refractivity contribution is -0.136. The van der Waals surface area contributed by atoms with Gasteiger partial charge in [0, 0.05) is 23.9 Å². The van der Waals surface area contributed by atoms with Crippen molar-refractivity contribution in [1.29, 1.82) is 0 Å². The number of carbonyl (C=O) groups is 1. The van der Waals surface area contributed by atoms with Crippen LogP contribution in [-0.2, 0) is 11.2 Å². The fourth-order valence-corrected chi connectivity index (χ4v) is 3.52. The molecule has 0 unspecified atom stereocenters. The summed E-state index contributed by atoms with van der Waals surface area (Å²) in [6.07, 6.45) is 0.465. The van der Waals surface area contributed by atoms with Gasteiger partial charge in [-0.1, -0.05) is 27.7 Å². The van der Waals surface area contributed by atoms with Crippen molar-refractivity contribution in [2.45, 2.75) is 60.4 Å². The lowest BCUT2D eigenvalue weighted by Crippen LogP contribution is -2.29. The van der Waals surface area contributed by atoms with Crippen LogP contribution in [0.5, 0.6) is 0 Å². The summed E-state index contributed by atoms with van der Waals surface area (Å²) in [5.41, 5.74) is 2.22. The average molecular weight is 292 g/mol. The fourth-order valence-electron chi connectivity index (χ4n) is 3.52. The van der Waals surface area contributed by atoms with Crippen LogP contribution in [0.15, 0.2) is 4.79 Å². The summed E-state index contributed by atoms with van der Waals surface area (Å²) >= 11 is 0. The molecule has 0 saturated heterocycles. The summed E-state index contributed by atoms with van der Waals surface area (Å²) in [5.74, 6) is -0.835. The molecule has 0 amide bonds. The Morgan fingerprint density at radius 2 is 1.76 bits per heavy atom. The Morgan fingerprint density at radius 1 is 1.24 bits per heavy atom. The predicted octanol–water partition coefficient (Wildman–Crippen LogP) is 2.48. The molecule has 116 valence electrons. The third-order valence-corrected chi connectivity index (χ3v) is 5.50. The van der Waals surface area contributed by atoms with Gasteiger partial charge in [0.2, 0.25) is 0 Å². The molecule has 5 nitrogen and oxygen atoms in total. The summed E-state index contributed by atoms with van der Waals surface area (Å²) in [6, 6.07) is 0.106. The van der Waals surface area contributed by atoms with E-state index in [2.05, 4.69) is 32.7 Å². The summed E-state index contributed by atoms with van der Waals surface area (Å²) in [4.78, 5) is 27.3. The van der Waals surface area contributed by atoms with Gasteiger partial charge in [-0.3, -0.25) is 9.36 Å². The molecular weight excluding hydrogens is 268 g/mol. The fraction of sp³-hybridized carbons (Fsp3) is 0.688. The first-order valence-electron chi connectivity index (χ1n) is 7.32. The Hall–Kier alpha value is -1.65. The molecule has 21 heavy (non-hydrogen) atoms. The standard InChI is InChI=1S/C16H24N2O3/c1-9-11(7-8-12(19)20)10(2)18(14(21)17-9)13-15(3,4)16(13,5)6/h13H,7-8H2,1-6H3,(H,19,20). The number of aromatic nitrogens is 2. The van der Waals surface area contributed by atoms with Crippen LogP contribution < -0.4 is 5.69 Å². The van der Waals surface area contributed by atoms with Gasteiger partial charge in [0.15, 0.2) is 0 Å². The maximum Gasteiger partial charge on any atom is 0.348 e. The van der Waals surface area contributed by atoms with Gasteiger partial charge in [-0.2, -0.15) is 4.98 Å². The van der Waals surface area contributed by atoms with Crippen molar-refractivity contribution in [3.8, 4) is 0 Å². The van der Waals surface area contributed by atoms with Crippen LogP contribution in [0.4, 0.5) is 0 Å². The average Bonchev–Trinajstić information content (AvgIpc) is 2.71. The van der Waals surface area contributed by atoms with E-state index in [1.165, 1.54) is 0 Å². The lowest BCUT2D eigenvalue weighted by atomic mass is 10.0. The highest BCUT2D eigenvalue weighted by molar-refractivity contribution is 5.67. The van der Waals surface area contributed by atoms with Crippen molar-refractivity contribution >= 4 is 5.97 Å². The molecule has 0 atom stereocenters. The first-order chi connectivity index (χ1) is 9.51. The van der Waals surface area contributed by atoms with Gasteiger partial charge >= 0.3 is 11.7 Å². The molecule has 0 radical (unpaired) electrons. The Morgan fingerprint density at radius 3 is 2.19 bits per heavy atom. The second-order valence-electron chi connectivity index (χ2n) is 7.15. The highest BCUT2D eigenvalue weighted by Crippen LogP contribution is 2.71. The minimum absolute atomic E-state index is 0.0303. The van der Waals surface area contributed by atoms with Gasteiger partial charge < -0.3 is 5.11 Å². The Labute approximate surface area is 125 Å². The van der Waals surface area contributed by atoms with E-state index in [1.54, 1.807) is 11.5 Å². The normalized spacial score (nSPS) is 19.5. The quantitative estimate of drug-likeness (QED) is 0.925. The van der Waals surface area contributed by atoms with E-state index < -0.39 is 5.97 Å². The van der Waals surface area contributed by atoms with Crippen LogP contribution in [0.25, 0.3) is 0 Å². The zero-order valence-electron chi connectivity index (χ0n) is 13.6. The molecule has 0 bridgehead atoms. The van der Waals surface area contributed by atoms with Crippen molar-refractivity contribution in [2.75, 3.05) is 0 Å². The summed E-state index contributed by atoms with van der Waals surface area (Å²) in [5, 5.41) is 8.88. The van der Waals surface area contributed by atoms with Gasteiger partial charge in [-0.15, -0.1) is 0 Å². The van der Waals surface area contributed by atoms with Crippen LogP contribution in [-0.4, -0.2) is 20.6 Å². The maximum absolute atomic E-state index is 12.3. The minimum Gasteiger partial charge on any atom is -0.481 e. The van der Waals surface area contributed by atoms with E-state index in [1.807, 2.05) is 6.92 Å². The van der Waals surface area contributed by atoms with E-state index in [-0.39, 0.29) is 29.0 Å². The van der Waals surface area contributed by atoms with Crippen molar-refractivity contribution in [3.05, 3.63) is 27.4 Å². The van der Waals surface area contributed by atoms with E-state index in [0.29, 0.717) is 12.1 Å². The minimum atomic E-state index is -0.835. The molecule has 1 aliphatic carbocycles. The van der Waals surface area contributed by atoms with Gasteiger partial charge in [0.1, 0.15) is 0 Å². The Balaban J connectivity index is 2.51. The zero-order chi connectivity index (χ0) is 16.2. The zero-order valence-corrected chi connectivity index (χ0v) is 13.6. The molecule has 5 heteroatoms. The van der Waals surface area contributed by atoms with E-state index >= 15 is 0 Å². The van der Waals surface area contributed by atoms with E-state index in [9.17, 15) is 9.59 Å². The molecule has 0 aliphatic heterocycles. The van der Waals surface area contributed by atoms with Crippen LogP contribution in [0, 0.1) is 24.7 Å². The number of rotatable bonds is 4. The van der Waals surface area contributed by atoms with Crippen molar-refractivity contribution in [2.24, 2.45) is 10.8 Å². The van der Waals surface area contributed by atoms with Crippen LogP contribution >= 0.6 is 0 Å². The number of hydrogen-bond acceptors (Lipinski definition) is 3. The van der Waals surface area contributed by atoms with Crippen LogP contribution in [0.3, 0.4) is 0 Å². The molecule has 1 aliphatic rings. The maximum atomic E-state index is 12.3. The second kappa shape index (κ2) is 4.68. The van der Waals surface area contributed by atoms with E-state index in [4.69, 9.17) is 5.11 Å². The SMILES string of the molecule is Cc1nc(=O)n(C2C(C)(C)C2(C)C)c(C)c1CCC(=O)O. The molecule has 1 N–H and O–H groups in total. The van der Waals surface area contributed by atoms with Crippen molar-refractivity contribution in [1.82, 2.24) is 9.55 Å². The third kappa shape index (κ3) is 2.28. The summed E-state index contributed by atoms with van der Waals surface area (Å²) in [6.45, 7) is 12.3. The highest BCUT2D eigenvalue weighted by atomic mass is 16.4. The van der Waals surface area contributed by atoms with Crippen LogP contribution in [0.2, 0.25) is 0 Å². The number of aliphatic carboxylic acids is 1. The number of carboxylic acids is 1.